The molecule has 0 aromatic rings. The molecule has 3 N–H and O–H groups in total. The summed E-state index contributed by atoms with van der Waals surface area (Å²) in [5.41, 5.74) is 0. The van der Waals surface area contributed by atoms with E-state index in [1.165, 1.54) is 0 Å². The lowest BCUT2D eigenvalue weighted by atomic mass is 10.0. The molecule has 0 radical (unpaired) electrons. The van der Waals surface area contributed by atoms with Crippen molar-refractivity contribution in [1.82, 2.24) is 10.2 Å². The Morgan fingerprint density at radius 3 is 2.39 bits per heavy atom. The summed E-state index contributed by atoms with van der Waals surface area (Å²) in [7, 11) is 0. The molecule has 6 nitrogen and oxygen atoms in total. The molecule has 1 heterocycles. The lowest BCUT2D eigenvalue weighted by Crippen LogP contribution is -2.48. The molecule has 0 spiro atoms. The zero-order valence-electron chi connectivity index (χ0n) is 10.5. The van der Waals surface area contributed by atoms with Gasteiger partial charge in [0.05, 0.1) is 6.10 Å². The van der Waals surface area contributed by atoms with Gasteiger partial charge in [0.1, 0.15) is 6.04 Å². The number of aliphatic hydroxyl groups excluding tert-OH is 1. The van der Waals surface area contributed by atoms with Gasteiger partial charge >= 0.3 is 12.0 Å². The van der Waals surface area contributed by atoms with Crippen LogP contribution in [0.2, 0.25) is 0 Å². The zero-order chi connectivity index (χ0) is 13.3. The highest BCUT2D eigenvalue weighted by molar-refractivity contribution is 5.83. The Hall–Kier alpha value is -1.30. The number of carboxylic acids is 1. The average Bonchev–Trinajstić information content (AvgIpc) is 3.00. The van der Waals surface area contributed by atoms with E-state index in [1.807, 2.05) is 0 Å². The van der Waals surface area contributed by atoms with E-state index in [9.17, 15) is 14.7 Å². The van der Waals surface area contributed by atoms with Crippen molar-refractivity contribution in [2.24, 2.45) is 11.8 Å². The molecule has 6 heteroatoms. The summed E-state index contributed by atoms with van der Waals surface area (Å²) in [5.74, 6) is -0.779. The van der Waals surface area contributed by atoms with Crippen molar-refractivity contribution < 1.29 is 19.8 Å². The van der Waals surface area contributed by atoms with Crippen LogP contribution in [0.15, 0.2) is 0 Å². The highest BCUT2D eigenvalue weighted by Crippen LogP contribution is 2.33. The quantitative estimate of drug-likeness (QED) is 0.673. The minimum Gasteiger partial charge on any atom is -0.480 e. The van der Waals surface area contributed by atoms with E-state index in [0.717, 1.165) is 19.3 Å². The Morgan fingerprint density at radius 1 is 1.28 bits per heavy atom. The van der Waals surface area contributed by atoms with Gasteiger partial charge in [-0.05, 0) is 32.1 Å². The largest absolute Gasteiger partial charge is 0.480 e. The van der Waals surface area contributed by atoms with E-state index in [1.54, 1.807) is 11.8 Å². The molecule has 1 aliphatic heterocycles. The van der Waals surface area contributed by atoms with Gasteiger partial charge in [-0.25, -0.2) is 9.59 Å². The smallest absolute Gasteiger partial charge is 0.326 e. The summed E-state index contributed by atoms with van der Waals surface area (Å²) in [5, 5.41) is 21.1. The maximum atomic E-state index is 11.9. The number of urea groups is 1. The summed E-state index contributed by atoms with van der Waals surface area (Å²) >= 11 is 0. The molecule has 2 amide bonds. The number of carboxylic acid groups (broad SMARTS) is 1. The number of rotatable bonds is 4. The first-order valence-electron chi connectivity index (χ1n) is 6.45. The number of hydrogen-bond donors (Lipinski definition) is 3. The lowest BCUT2D eigenvalue weighted by molar-refractivity contribution is -0.139. The van der Waals surface area contributed by atoms with Crippen LogP contribution in [-0.2, 0) is 4.79 Å². The fourth-order valence-corrected chi connectivity index (χ4v) is 2.40. The fourth-order valence-electron chi connectivity index (χ4n) is 2.40. The number of aliphatic hydroxyl groups is 1. The summed E-state index contributed by atoms with van der Waals surface area (Å²) in [6.07, 6.45) is 2.08. The molecule has 18 heavy (non-hydrogen) atoms. The monoisotopic (exact) mass is 256 g/mol. The molecule has 0 aromatic heterocycles. The number of aliphatic carboxylic acids is 1. The first-order chi connectivity index (χ1) is 8.49. The predicted molar refractivity (Wildman–Crippen MR) is 64.0 cm³/mol. The average molecular weight is 256 g/mol. The molecule has 1 saturated heterocycles. The zero-order valence-corrected chi connectivity index (χ0v) is 10.5. The van der Waals surface area contributed by atoms with Gasteiger partial charge < -0.3 is 20.4 Å². The second kappa shape index (κ2) is 5.14. The summed E-state index contributed by atoms with van der Waals surface area (Å²) in [6.45, 7) is 2.80. The first-order valence-corrected chi connectivity index (χ1v) is 6.45. The van der Waals surface area contributed by atoms with E-state index >= 15 is 0 Å². The van der Waals surface area contributed by atoms with Crippen LogP contribution in [0.3, 0.4) is 0 Å². The number of amides is 2. The Morgan fingerprint density at radius 2 is 1.94 bits per heavy atom. The summed E-state index contributed by atoms with van der Waals surface area (Å²) in [4.78, 5) is 24.6. The van der Waals surface area contributed by atoms with Crippen molar-refractivity contribution in [3.05, 3.63) is 0 Å². The van der Waals surface area contributed by atoms with E-state index in [4.69, 9.17) is 5.11 Å². The molecule has 102 valence electrons. The van der Waals surface area contributed by atoms with Crippen LogP contribution in [0.4, 0.5) is 4.79 Å². The summed E-state index contributed by atoms with van der Waals surface area (Å²) in [6, 6.07) is -1.08. The number of hydrogen-bond acceptors (Lipinski definition) is 3. The second-order valence-corrected chi connectivity index (χ2v) is 5.34. The highest BCUT2D eigenvalue weighted by atomic mass is 16.4. The van der Waals surface area contributed by atoms with Crippen LogP contribution in [0.5, 0.6) is 0 Å². The molecular weight excluding hydrogens is 236 g/mol. The Kier molecular flexibility index (Phi) is 3.75. The third kappa shape index (κ3) is 2.93. The van der Waals surface area contributed by atoms with Gasteiger partial charge in [0.2, 0.25) is 0 Å². The van der Waals surface area contributed by atoms with Crippen molar-refractivity contribution in [2.75, 3.05) is 13.1 Å². The lowest BCUT2D eigenvalue weighted by Gasteiger charge is -2.21. The Labute approximate surface area is 106 Å². The minimum absolute atomic E-state index is 0.0848. The third-order valence-electron chi connectivity index (χ3n) is 3.83. The second-order valence-electron chi connectivity index (χ2n) is 5.34. The topological polar surface area (TPSA) is 89.9 Å². The van der Waals surface area contributed by atoms with Crippen molar-refractivity contribution in [2.45, 2.75) is 38.3 Å². The van der Waals surface area contributed by atoms with E-state index in [2.05, 4.69) is 5.32 Å². The highest BCUT2D eigenvalue weighted by Gasteiger charge is 2.39. The Balaban J connectivity index is 1.86. The van der Waals surface area contributed by atoms with Crippen LogP contribution < -0.4 is 5.32 Å². The minimum atomic E-state index is -0.961. The van der Waals surface area contributed by atoms with Gasteiger partial charge in [0, 0.05) is 19.0 Å². The van der Waals surface area contributed by atoms with E-state index in [0.29, 0.717) is 13.1 Å². The van der Waals surface area contributed by atoms with Gasteiger partial charge in [-0.15, -0.1) is 0 Å². The van der Waals surface area contributed by atoms with Crippen LogP contribution in [0, 0.1) is 11.8 Å². The molecular formula is C12H20N2O4. The van der Waals surface area contributed by atoms with Gasteiger partial charge in [0.25, 0.3) is 0 Å². The molecule has 2 aliphatic rings. The van der Waals surface area contributed by atoms with Gasteiger partial charge in [-0.3, -0.25) is 0 Å². The van der Waals surface area contributed by atoms with Crippen molar-refractivity contribution in [1.29, 1.82) is 0 Å². The van der Waals surface area contributed by atoms with Gasteiger partial charge in [-0.1, -0.05) is 0 Å². The maximum absolute atomic E-state index is 11.9. The molecule has 3 atom stereocenters. The van der Waals surface area contributed by atoms with Crippen molar-refractivity contribution in [3.63, 3.8) is 0 Å². The molecule has 1 saturated carbocycles. The standard InChI is InChI=1S/C12H20N2O4/c1-7(15)9-4-5-14(6-9)12(18)13-10(11(16)17)8-2-3-8/h7-10,15H,2-6H2,1H3,(H,13,18)(H,16,17). The van der Waals surface area contributed by atoms with Gasteiger partial charge in [-0.2, -0.15) is 0 Å². The van der Waals surface area contributed by atoms with Crippen LogP contribution in [0.25, 0.3) is 0 Å². The molecule has 3 unspecified atom stereocenters. The molecule has 2 fully saturated rings. The Bertz CT molecular complexity index is 341. The van der Waals surface area contributed by atoms with E-state index < -0.39 is 18.1 Å². The third-order valence-corrected chi connectivity index (χ3v) is 3.83. The normalized spacial score (nSPS) is 26.8. The molecule has 2 rings (SSSR count). The number of carbonyl (C=O) groups is 2. The number of carbonyl (C=O) groups excluding carboxylic acids is 1. The van der Waals surface area contributed by atoms with Crippen LogP contribution in [-0.4, -0.2) is 52.3 Å². The predicted octanol–water partition coefficient (Wildman–Crippen LogP) is 0.262. The summed E-state index contributed by atoms with van der Waals surface area (Å²) < 4.78 is 0. The van der Waals surface area contributed by atoms with E-state index in [-0.39, 0.29) is 17.9 Å². The number of likely N-dealkylation sites (tertiary alicyclic amines) is 1. The van der Waals surface area contributed by atoms with Crippen LogP contribution >= 0.6 is 0 Å². The maximum Gasteiger partial charge on any atom is 0.326 e. The SMILES string of the molecule is CC(O)C1CCN(C(=O)NC(C(=O)O)C2CC2)C1. The first kappa shape index (κ1) is 13.1. The van der Waals surface area contributed by atoms with Crippen molar-refractivity contribution >= 4 is 12.0 Å². The number of nitrogens with zero attached hydrogens (tertiary/aromatic N) is 1. The number of nitrogens with one attached hydrogen (secondary N) is 1. The van der Waals surface area contributed by atoms with Crippen LogP contribution in [0.1, 0.15) is 26.2 Å². The van der Waals surface area contributed by atoms with Crippen molar-refractivity contribution in [3.8, 4) is 0 Å². The van der Waals surface area contributed by atoms with Gasteiger partial charge in [0.15, 0.2) is 0 Å². The molecule has 0 aromatic carbocycles. The molecule has 0 bridgehead atoms. The molecule has 1 aliphatic carbocycles. The fraction of sp³-hybridized carbons (Fsp3) is 0.833.